The first kappa shape index (κ1) is 15.9. The van der Waals surface area contributed by atoms with Crippen molar-refractivity contribution in [3.63, 3.8) is 0 Å². The molecule has 2 aliphatic rings. The number of amides is 1. The summed E-state index contributed by atoms with van der Waals surface area (Å²) in [4.78, 5) is 25.1. The van der Waals surface area contributed by atoms with Gasteiger partial charge in [-0.25, -0.2) is 4.79 Å². The van der Waals surface area contributed by atoms with Crippen LogP contribution in [0.5, 0.6) is 0 Å². The SMILES string of the molecule is COC(=O)C(NC(=O)C1(c2nn[nH]n2)CCC1)C1CCCCC1. The Balaban J connectivity index is 1.76. The molecule has 0 saturated heterocycles. The van der Waals surface area contributed by atoms with Crippen LogP contribution < -0.4 is 5.32 Å². The second-order valence-electron chi connectivity index (χ2n) is 6.54. The number of hydrogen-bond acceptors (Lipinski definition) is 6. The zero-order valence-electron chi connectivity index (χ0n) is 13.4. The van der Waals surface area contributed by atoms with Gasteiger partial charge in [-0.2, -0.15) is 5.21 Å². The number of aromatic nitrogens is 4. The average Bonchev–Trinajstić information content (AvgIpc) is 3.06. The van der Waals surface area contributed by atoms with Crippen LogP contribution in [0.2, 0.25) is 0 Å². The van der Waals surface area contributed by atoms with Gasteiger partial charge in [0.2, 0.25) is 5.91 Å². The van der Waals surface area contributed by atoms with Crippen LogP contribution in [0.25, 0.3) is 0 Å². The number of methoxy groups -OCH3 is 1. The van der Waals surface area contributed by atoms with Crippen LogP contribution in [0.4, 0.5) is 0 Å². The Morgan fingerprint density at radius 2 is 2.00 bits per heavy atom. The van der Waals surface area contributed by atoms with Gasteiger partial charge in [-0.15, -0.1) is 10.2 Å². The molecule has 1 heterocycles. The minimum Gasteiger partial charge on any atom is -0.467 e. The molecule has 1 amide bonds. The van der Waals surface area contributed by atoms with Crippen LogP contribution >= 0.6 is 0 Å². The van der Waals surface area contributed by atoms with Gasteiger partial charge in [-0.1, -0.05) is 30.9 Å². The number of ether oxygens (including phenoxy) is 1. The van der Waals surface area contributed by atoms with Crippen LogP contribution in [0.15, 0.2) is 0 Å². The molecule has 0 aliphatic heterocycles. The van der Waals surface area contributed by atoms with Crippen molar-refractivity contribution < 1.29 is 14.3 Å². The lowest BCUT2D eigenvalue weighted by Gasteiger charge is -2.39. The number of rotatable bonds is 5. The molecule has 8 heteroatoms. The van der Waals surface area contributed by atoms with Crippen LogP contribution in [-0.4, -0.2) is 45.7 Å². The highest BCUT2D eigenvalue weighted by Gasteiger charge is 2.50. The van der Waals surface area contributed by atoms with Crippen molar-refractivity contribution in [2.45, 2.75) is 62.8 Å². The van der Waals surface area contributed by atoms with Gasteiger partial charge in [0.1, 0.15) is 11.5 Å². The monoisotopic (exact) mass is 321 g/mol. The number of carbonyl (C=O) groups is 2. The van der Waals surface area contributed by atoms with E-state index < -0.39 is 11.5 Å². The van der Waals surface area contributed by atoms with E-state index >= 15 is 0 Å². The normalized spacial score (nSPS) is 22.0. The number of esters is 1. The summed E-state index contributed by atoms with van der Waals surface area (Å²) in [5.74, 6) is -0.00462. The van der Waals surface area contributed by atoms with Gasteiger partial charge in [0, 0.05) is 0 Å². The van der Waals surface area contributed by atoms with Crippen LogP contribution in [0.3, 0.4) is 0 Å². The Morgan fingerprint density at radius 1 is 1.26 bits per heavy atom. The van der Waals surface area contributed by atoms with Crippen LogP contribution in [0, 0.1) is 5.92 Å². The fraction of sp³-hybridized carbons (Fsp3) is 0.800. The Bertz CT molecular complexity index is 549. The standard InChI is InChI=1S/C15H23N5O3/c1-23-12(21)11(10-6-3-2-4-7-10)16-14(22)15(8-5-9-15)13-17-19-20-18-13/h10-11H,2-9H2,1H3,(H,16,22)(H,17,18,19,20). The van der Waals surface area contributed by atoms with Gasteiger partial charge in [-0.3, -0.25) is 4.79 Å². The molecule has 0 radical (unpaired) electrons. The Morgan fingerprint density at radius 3 is 2.52 bits per heavy atom. The molecular formula is C15H23N5O3. The average molecular weight is 321 g/mol. The molecule has 23 heavy (non-hydrogen) atoms. The van der Waals surface area contributed by atoms with Gasteiger partial charge in [0.25, 0.3) is 0 Å². The van der Waals surface area contributed by atoms with E-state index in [1.54, 1.807) is 0 Å². The fourth-order valence-corrected chi connectivity index (χ4v) is 3.69. The van der Waals surface area contributed by atoms with Crippen LogP contribution in [0.1, 0.15) is 57.2 Å². The molecule has 2 fully saturated rings. The zero-order chi connectivity index (χ0) is 16.3. The third-order valence-corrected chi connectivity index (χ3v) is 5.28. The van der Waals surface area contributed by atoms with E-state index in [1.807, 2.05) is 0 Å². The van der Waals surface area contributed by atoms with Crippen LogP contribution in [-0.2, 0) is 19.7 Å². The van der Waals surface area contributed by atoms with Crippen molar-refractivity contribution in [2.75, 3.05) is 7.11 Å². The fourth-order valence-electron chi connectivity index (χ4n) is 3.69. The highest BCUT2D eigenvalue weighted by molar-refractivity contribution is 5.92. The molecule has 2 saturated carbocycles. The molecule has 0 spiro atoms. The van der Waals surface area contributed by atoms with Crippen molar-refractivity contribution >= 4 is 11.9 Å². The first-order chi connectivity index (χ1) is 11.2. The van der Waals surface area contributed by atoms with Gasteiger partial charge in [0.15, 0.2) is 5.82 Å². The number of nitrogens with zero attached hydrogens (tertiary/aromatic N) is 3. The summed E-state index contributed by atoms with van der Waals surface area (Å²) < 4.78 is 4.92. The van der Waals surface area contributed by atoms with E-state index in [9.17, 15) is 9.59 Å². The van der Waals surface area contributed by atoms with E-state index in [1.165, 1.54) is 13.5 Å². The molecule has 1 aromatic heterocycles. The van der Waals surface area contributed by atoms with Gasteiger partial charge < -0.3 is 10.1 Å². The van der Waals surface area contributed by atoms with Crippen molar-refractivity contribution in [1.29, 1.82) is 0 Å². The summed E-state index contributed by atoms with van der Waals surface area (Å²) in [6.45, 7) is 0. The number of carbonyl (C=O) groups excluding carboxylic acids is 2. The van der Waals surface area contributed by atoms with Gasteiger partial charge in [0.05, 0.1) is 7.11 Å². The predicted octanol–water partition coefficient (Wildman–Crippen LogP) is 0.859. The number of tetrazole rings is 1. The number of H-pyrrole nitrogens is 1. The Kier molecular flexibility index (Phi) is 4.58. The van der Waals surface area contributed by atoms with E-state index in [4.69, 9.17) is 4.74 Å². The minimum absolute atomic E-state index is 0.141. The zero-order valence-corrected chi connectivity index (χ0v) is 13.4. The number of hydrogen-bond donors (Lipinski definition) is 2. The molecule has 1 unspecified atom stereocenters. The molecule has 1 atom stereocenters. The second kappa shape index (κ2) is 6.64. The maximum Gasteiger partial charge on any atom is 0.328 e. The molecular weight excluding hydrogens is 298 g/mol. The highest BCUT2D eigenvalue weighted by Crippen LogP contribution is 2.42. The smallest absolute Gasteiger partial charge is 0.328 e. The molecule has 0 aromatic carbocycles. The summed E-state index contributed by atoms with van der Waals surface area (Å²) >= 11 is 0. The third kappa shape index (κ3) is 2.94. The number of aromatic amines is 1. The maximum atomic E-state index is 12.9. The van der Waals surface area contributed by atoms with E-state index in [0.29, 0.717) is 18.7 Å². The molecule has 126 valence electrons. The first-order valence-corrected chi connectivity index (χ1v) is 8.30. The quantitative estimate of drug-likeness (QED) is 0.778. The third-order valence-electron chi connectivity index (χ3n) is 5.28. The Hall–Kier alpha value is -1.99. The lowest BCUT2D eigenvalue weighted by molar-refractivity contribution is -0.148. The summed E-state index contributed by atoms with van der Waals surface area (Å²) in [6, 6.07) is -0.586. The van der Waals surface area contributed by atoms with E-state index in [0.717, 1.165) is 32.1 Å². The molecule has 8 nitrogen and oxygen atoms in total. The Labute approximate surface area is 134 Å². The molecule has 0 bridgehead atoms. The van der Waals surface area contributed by atoms with Crippen molar-refractivity contribution in [3.05, 3.63) is 5.82 Å². The van der Waals surface area contributed by atoms with Crippen molar-refractivity contribution in [1.82, 2.24) is 25.9 Å². The summed E-state index contributed by atoms with van der Waals surface area (Å²) in [6.07, 6.45) is 7.53. The van der Waals surface area contributed by atoms with Crippen molar-refractivity contribution in [3.8, 4) is 0 Å². The highest BCUT2D eigenvalue weighted by atomic mass is 16.5. The predicted molar refractivity (Wildman–Crippen MR) is 80.2 cm³/mol. The van der Waals surface area contributed by atoms with Gasteiger partial charge >= 0.3 is 5.97 Å². The largest absolute Gasteiger partial charge is 0.467 e. The second-order valence-corrected chi connectivity index (χ2v) is 6.54. The topological polar surface area (TPSA) is 110 Å². The molecule has 3 rings (SSSR count). The van der Waals surface area contributed by atoms with Crippen molar-refractivity contribution in [2.24, 2.45) is 5.92 Å². The van der Waals surface area contributed by atoms with E-state index in [-0.39, 0.29) is 17.8 Å². The lowest BCUT2D eigenvalue weighted by atomic mass is 9.67. The molecule has 2 N–H and O–H groups in total. The molecule has 1 aromatic rings. The maximum absolute atomic E-state index is 12.9. The summed E-state index contributed by atoms with van der Waals surface area (Å²) in [5, 5.41) is 16.9. The minimum atomic E-state index is -0.756. The van der Waals surface area contributed by atoms with Gasteiger partial charge in [-0.05, 0) is 31.6 Å². The summed E-state index contributed by atoms with van der Waals surface area (Å²) in [7, 11) is 1.36. The number of nitrogens with one attached hydrogen (secondary N) is 2. The van der Waals surface area contributed by atoms with E-state index in [2.05, 4.69) is 25.9 Å². The molecule has 2 aliphatic carbocycles. The summed E-state index contributed by atoms with van der Waals surface area (Å²) in [5.41, 5.74) is -0.756. The lowest BCUT2D eigenvalue weighted by Crippen LogP contribution is -2.56. The first-order valence-electron chi connectivity index (χ1n) is 8.30.